The van der Waals surface area contributed by atoms with E-state index in [0.717, 1.165) is 17.4 Å². The molecular weight excluding hydrogens is 224 g/mol. The SMILES string of the molecule is C[C@H]1CC[C@H](c2nnc(-c3ccccc3)o2)CC1. The van der Waals surface area contributed by atoms with Gasteiger partial charge in [-0.1, -0.05) is 25.1 Å². The van der Waals surface area contributed by atoms with Crippen molar-refractivity contribution in [3.05, 3.63) is 36.2 Å². The molecule has 3 nitrogen and oxygen atoms in total. The van der Waals surface area contributed by atoms with Gasteiger partial charge in [0.2, 0.25) is 11.8 Å². The van der Waals surface area contributed by atoms with E-state index in [1.54, 1.807) is 0 Å². The van der Waals surface area contributed by atoms with Crippen molar-refractivity contribution in [3.63, 3.8) is 0 Å². The molecule has 0 bridgehead atoms. The molecule has 94 valence electrons. The summed E-state index contributed by atoms with van der Waals surface area (Å²) in [5.74, 6) is 2.77. The smallest absolute Gasteiger partial charge is 0.247 e. The molecule has 1 aliphatic rings. The zero-order valence-corrected chi connectivity index (χ0v) is 10.7. The van der Waals surface area contributed by atoms with Gasteiger partial charge >= 0.3 is 0 Å². The molecule has 0 saturated heterocycles. The van der Waals surface area contributed by atoms with Crippen LogP contribution in [0.2, 0.25) is 0 Å². The third-order valence-corrected chi connectivity index (χ3v) is 3.83. The maximum absolute atomic E-state index is 5.82. The number of aromatic nitrogens is 2. The lowest BCUT2D eigenvalue weighted by molar-refractivity contribution is 0.309. The summed E-state index contributed by atoms with van der Waals surface area (Å²) in [6.45, 7) is 2.32. The molecule has 0 radical (unpaired) electrons. The van der Waals surface area contributed by atoms with E-state index in [4.69, 9.17) is 4.42 Å². The van der Waals surface area contributed by atoms with Crippen molar-refractivity contribution in [1.29, 1.82) is 0 Å². The monoisotopic (exact) mass is 242 g/mol. The van der Waals surface area contributed by atoms with E-state index < -0.39 is 0 Å². The highest BCUT2D eigenvalue weighted by atomic mass is 16.4. The number of rotatable bonds is 2. The predicted octanol–water partition coefficient (Wildman–Crippen LogP) is 4.03. The zero-order chi connectivity index (χ0) is 12.4. The first-order valence-electron chi connectivity index (χ1n) is 6.72. The molecule has 1 saturated carbocycles. The summed E-state index contributed by atoms with van der Waals surface area (Å²) in [5.41, 5.74) is 1.00. The van der Waals surface area contributed by atoms with Crippen LogP contribution in [0.4, 0.5) is 0 Å². The largest absolute Gasteiger partial charge is 0.420 e. The molecule has 1 aromatic heterocycles. The van der Waals surface area contributed by atoms with Crippen molar-refractivity contribution in [3.8, 4) is 11.5 Å². The topological polar surface area (TPSA) is 38.9 Å². The Bertz CT molecular complexity index is 498. The molecule has 1 aromatic carbocycles. The van der Waals surface area contributed by atoms with Gasteiger partial charge in [-0.25, -0.2) is 0 Å². The van der Waals surface area contributed by atoms with Gasteiger partial charge in [0.05, 0.1) is 0 Å². The Balaban J connectivity index is 1.78. The lowest BCUT2D eigenvalue weighted by atomic mass is 9.83. The minimum atomic E-state index is 0.464. The van der Waals surface area contributed by atoms with Gasteiger partial charge in [-0.05, 0) is 43.7 Å². The van der Waals surface area contributed by atoms with Crippen LogP contribution in [-0.4, -0.2) is 10.2 Å². The molecule has 3 heteroatoms. The highest BCUT2D eigenvalue weighted by Crippen LogP contribution is 2.35. The van der Waals surface area contributed by atoms with E-state index in [-0.39, 0.29) is 0 Å². The highest BCUT2D eigenvalue weighted by molar-refractivity contribution is 5.51. The van der Waals surface area contributed by atoms with Crippen molar-refractivity contribution in [2.24, 2.45) is 5.92 Å². The maximum atomic E-state index is 5.82. The maximum Gasteiger partial charge on any atom is 0.247 e. The van der Waals surface area contributed by atoms with Gasteiger partial charge in [0.25, 0.3) is 0 Å². The lowest BCUT2D eigenvalue weighted by Gasteiger charge is -2.23. The van der Waals surface area contributed by atoms with Crippen molar-refractivity contribution in [1.82, 2.24) is 10.2 Å². The molecule has 1 aliphatic carbocycles. The van der Waals surface area contributed by atoms with Crippen molar-refractivity contribution in [2.45, 2.75) is 38.5 Å². The molecule has 0 atom stereocenters. The van der Waals surface area contributed by atoms with Crippen LogP contribution < -0.4 is 0 Å². The van der Waals surface area contributed by atoms with E-state index in [1.807, 2.05) is 30.3 Å². The summed E-state index contributed by atoms with van der Waals surface area (Å²) in [6, 6.07) is 9.97. The second kappa shape index (κ2) is 4.92. The van der Waals surface area contributed by atoms with Gasteiger partial charge < -0.3 is 4.42 Å². The number of benzene rings is 1. The Morgan fingerprint density at radius 2 is 1.72 bits per heavy atom. The van der Waals surface area contributed by atoms with Crippen molar-refractivity contribution < 1.29 is 4.42 Å². The summed E-state index contributed by atoms with van der Waals surface area (Å²) in [6.07, 6.45) is 4.90. The summed E-state index contributed by atoms with van der Waals surface area (Å²) in [5, 5.41) is 8.39. The molecular formula is C15H18N2O. The fraction of sp³-hybridized carbons (Fsp3) is 0.467. The van der Waals surface area contributed by atoms with Gasteiger partial charge in [-0.2, -0.15) is 0 Å². The first-order valence-corrected chi connectivity index (χ1v) is 6.72. The van der Waals surface area contributed by atoms with Crippen LogP contribution in [-0.2, 0) is 0 Å². The molecule has 2 aromatic rings. The normalized spacial score (nSPS) is 24.1. The van der Waals surface area contributed by atoms with Gasteiger partial charge in [0, 0.05) is 11.5 Å². The molecule has 0 unspecified atom stereocenters. The van der Waals surface area contributed by atoms with E-state index in [1.165, 1.54) is 25.7 Å². The fourth-order valence-electron chi connectivity index (χ4n) is 2.60. The first kappa shape index (κ1) is 11.5. The second-order valence-corrected chi connectivity index (χ2v) is 5.27. The Morgan fingerprint density at radius 1 is 1.00 bits per heavy atom. The Hall–Kier alpha value is -1.64. The second-order valence-electron chi connectivity index (χ2n) is 5.27. The lowest BCUT2D eigenvalue weighted by Crippen LogP contribution is -2.10. The summed E-state index contributed by atoms with van der Waals surface area (Å²) >= 11 is 0. The quantitative estimate of drug-likeness (QED) is 0.798. The third kappa shape index (κ3) is 2.30. The van der Waals surface area contributed by atoms with Crippen LogP contribution in [0.3, 0.4) is 0 Å². The number of hydrogen-bond acceptors (Lipinski definition) is 3. The molecule has 0 amide bonds. The fourth-order valence-corrected chi connectivity index (χ4v) is 2.60. The molecule has 0 aliphatic heterocycles. The van der Waals surface area contributed by atoms with Crippen LogP contribution in [0.5, 0.6) is 0 Å². The van der Waals surface area contributed by atoms with E-state index in [0.29, 0.717) is 11.8 Å². The van der Waals surface area contributed by atoms with Gasteiger partial charge in [-0.3, -0.25) is 0 Å². The Morgan fingerprint density at radius 3 is 2.44 bits per heavy atom. The molecule has 0 spiro atoms. The molecule has 1 heterocycles. The summed E-state index contributed by atoms with van der Waals surface area (Å²) in [7, 11) is 0. The highest BCUT2D eigenvalue weighted by Gasteiger charge is 2.24. The molecule has 3 rings (SSSR count). The third-order valence-electron chi connectivity index (χ3n) is 3.83. The molecule has 0 N–H and O–H groups in total. The van der Waals surface area contributed by atoms with Crippen LogP contribution >= 0.6 is 0 Å². The average molecular weight is 242 g/mol. The van der Waals surface area contributed by atoms with Gasteiger partial charge in [0.15, 0.2) is 0 Å². The van der Waals surface area contributed by atoms with Gasteiger partial charge in [0.1, 0.15) is 0 Å². The predicted molar refractivity (Wildman–Crippen MR) is 70.1 cm³/mol. The van der Waals surface area contributed by atoms with E-state index in [9.17, 15) is 0 Å². The minimum absolute atomic E-state index is 0.464. The minimum Gasteiger partial charge on any atom is -0.420 e. The first-order chi connectivity index (χ1) is 8.83. The summed E-state index contributed by atoms with van der Waals surface area (Å²) < 4.78 is 5.82. The standard InChI is InChI=1S/C15H18N2O/c1-11-7-9-13(10-8-11)15-17-16-14(18-15)12-5-3-2-4-6-12/h2-6,11,13H,7-10H2,1H3/t11-,13-. The van der Waals surface area contributed by atoms with Crippen LogP contribution in [0.15, 0.2) is 34.7 Å². The van der Waals surface area contributed by atoms with E-state index in [2.05, 4.69) is 17.1 Å². The summed E-state index contributed by atoms with van der Waals surface area (Å²) in [4.78, 5) is 0. The van der Waals surface area contributed by atoms with Crippen LogP contribution in [0.1, 0.15) is 44.4 Å². The Labute approximate surface area is 107 Å². The average Bonchev–Trinajstić information content (AvgIpc) is 2.90. The number of nitrogens with zero attached hydrogens (tertiary/aromatic N) is 2. The molecule has 1 fully saturated rings. The Kier molecular flexibility index (Phi) is 3.13. The van der Waals surface area contributed by atoms with Crippen LogP contribution in [0, 0.1) is 5.92 Å². The van der Waals surface area contributed by atoms with Crippen molar-refractivity contribution >= 4 is 0 Å². The van der Waals surface area contributed by atoms with Gasteiger partial charge in [-0.15, -0.1) is 10.2 Å². The zero-order valence-electron chi connectivity index (χ0n) is 10.7. The molecule has 18 heavy (non-hydrogen) atoms. The van der Waals surface area contributed by atoms with Crippen molar-refractivity contribution in [2.75, 3.05) is 0 Å². The van der Waals surface area contributed by atoms with Crippen LogP contribution in [0.25, 0.3) is 11.5 Å². The number of hydrogen-bond donors (Lipinski definition) is 0. The van der Waals surface area contributed by atoms with E-state index >= 15 is 0 Å².